The number of hydrogen-bond acceptors (Lipinski definition) is 6. The second kappa shape index (κ2) is 9.07. The Morgan fingerprint density at radius 2 is 1.62 bits per heavy atom. The van der Waals surface area contributed by atoms with Gasteiger partial charge >= 0.3 is 5.97 Å². The highest BCUT2D eigenvalue weighted by atomic mass is 32.1. The minimum Gasteiger partial charge on any atom is -0.462 e. The molecule has 1 aliphatic heterocycles. The van der Waals surface area contributed by atoms with E-state index in [-0.39, 0.29) is 11.9 Å². The summed E-state index contributed by atoms with van der Waals surface area (Å²) in [4.78, 5) is 31.2. The molecule has 5 aliphatic rings. The average molecular weight is 460 g/mol. The van der Waals surface area contributed by atoms with Gasteiger partial charge in [-0.1, -0.05) is 0 Å². The van der Waals surface area contributed by atoms with Gasteiger partial charge in [0.25, 0.3) is 0 Å². The summed E-state index contributed by atoms with van der Waals surface area (Å²) in [7, 11) is 0. The number of carbonyl (C=O) groups is 2. The second-order valence-electron chi connectivity index (χ2n) is 10.5. The van der Waals surface area contributed by atoms with E-state index >= 15 is 0 Å². The van der Waals surface area contributed by atoms with Crippen molar-refractivity contribution in [3.8, 4) is 0 Å². The Morgan fingerprint density at radius 1 is 1.00 bits per heavy atom. The lowest BCUT2D eigenvalue weighted by atomic mass is 9.54. The zero-order valence-corrected chi connectivity index (χ0v) is 20.5. The van der Waals surface area contributed by atoms with Crippen molar-refractivity contribution in [1.29, 1.82) is 0 Å². The minimum absolute atomic E-state index is 0.0418. The Kier molecular flexibility index (Phi) is 6.34. The van der Waals surface area contributed by atoms with Gasteiger partial charge in [-0.25, -0.2) is 4.79 Å². The van der Waals surface area contributed by atoms with Crippen LogP contribution in [-0.4, -0.2) is 67.0 Å². The van der Waals surface area contributed by atoms with Crippen molar-refractivity contribution in [3.63, 3.8) is 0 Å². The topological polar surface area (TPSA) is 61.9 Å². The molecule has 6 rings (SSSR count). The molecule has 176 valence electrons. The lowest BCUT2D eigenvalue weighted by molar-refractivity contribution is -0.118. The molecule has 5 fully saturated rings. The fraction of sp³-hybridized carbons (Fsp3) is 0.760. The molecule has 1 saturated heterocycles. The number of nitrogens with zero attached hydrogens (tertiary/aromatic N) is 2. The Hall–Kier alpha value is -1.44. The van der Waals surface area contributed by atoms with Crippen LogP contribution in [0.2, 0.25) is 0 Å². The van der Waals surface area contributed by atoms with E-state index in [4.69, 9.17) is 4.74 Å². The van der Waals surface area contributed by atoms with Gasteiger partial charge in [0.05, 0.1) is 18.7 Å². The third-order valence-electron chi connectivity index (χ3n) is 8.49. The Balaban J connectivity index is 1.15. The van der Waals surface area contributed by atoms with Crippen LogP contribution in [0.25, 0.3) is 0 Å². The second-order valence-corrected chi connectivity index (χ2v) is 11.7. The van der Waals surface area contributed by atoms with E-state index in [0.717, 1.165) is 66.3 Å². The van der Waals surface area contributed by atoms with Crippen molar-refractivity contribution in [2.45, 2.75) is 58.9 Å². The lowest BCUT2D eigenvalue weighted by Gasteiger charge is -2.58. The third-order valence-corrected chi connectivity index (χ3v) is 9.61. The molecule has 0 aromatic carbocycles. The van der Waals surface area contributed by atoms with Crippen LogP contribution in [0.5, 0.6) is 0 Å². The Labute approximate surface area is 195 Å². The number of ether oxygens (including phenoxy) is 1. The number of rotatable bonds is 6. The van der Waals surface area contributed by atoms with E-state index in [0.29, 0.717) is 23.7 Å². The summed E-state index contributed by atoms with van der Waals surface area (Å²) >= 11 is 1.46. The predicted octanol–water partition coefficient (Wildman–Crippen LogP) is 3.92. The van der Waals surface area contributed by atoms with Gasteiger partial charge in [-0.3, -0.25) is 14.6 Å². The average Bonchev–Trinajstić information content (AvgIpc) is 3.01. The maximum atomic E-state index is 12.8. The quantitative estimate of drug-likeness (QED) is 0.654. The van der Waals surface area contributed by atoms with Gasteiger partial charge in [-0.15, -0.1) is 11.3 Å². The zero-order chi connectivity index (χ0) is 22.4. The van der Waals surface area contributed by atoms with Crippen LogP contribution < -0.4 is 5.32 Å². The number of anilines is 1. The first kappa shape index (κ1) is 22.4. The van der Waals surface area contributed by atoms with Gasteiger partial charge in [-0.05, 0) is 82.1 Å². The van der Waals surface area contributed by atoms with Crippen LogP contribution in [-0.2, 0) is 9.53 Å². The number of aryl methyl sites for hydroxylation is 1. The van der Waals surface area contributed by atoms with E-state index in [1.165, 1.54) is 43.4 Å². The normalized spacial score (nSPS) is 32.3. The Morgan fingerprint density at radius 3 is 2.22 bits per heavy atom. The van der Waals surface area contributed by atoms with Crippen molar-refractivity contribution >= 4 is 28.2 Å². The highest BCUT2D eigenvalue weighted by Crippen LogP contribution is 2.55. The first-order valence-corrected chi connectivity index (χ1v) is 13.3. The summed E-state index contributed by atoms with van der Waals surface area (Å²) in [5.74, 6) is 3.49. The summed E-state index contributed by atoms with van der Waals surface area (Å²) in [6.45, 7) is 10.4. The predicted molar refractivity (Wildman–Crippen MR) is 127 cm³/mol. The highest BCUT2D eigenvalue weighted by Gasteiger charge is 2.50. The molecule has 7 heteroatoms. The van der Waals surface area contributed by atoms with Crippen molar-refractivity contribution in [1.82, 2.24) is 9.80 Å². The molecule has 0 radical (unpaired) electrons. The van der Waals surface area contributed by atoms with Crippen LogP contribution in [0.1, 0.15) is 59.8 Å². The summed E-state index contributed by atoms with van der Waals surface area (Å²) in [6, 6.07) is 0.794. The van der Waals surface area contributed by atoms with Crippen LogP contribution in [0.15, 0.2) is 0 Å². The van der Waals surface area contributed by atoms with Crippen molar-refractivity contribution in [2.75, 3.05) is 44.6 Å². The molecule has 6 nitrogen and oxygen atoms in total. The maximum absolute atomic E-state index is 12.8. The largest absolute Gasteiger partial charge is 0.462 e. The molecule has 4 saturated carbocycles. The summed E-state index contributed by atoms with van der Waals surface area (Å²) in [5, 5.41) is 3.62. The van der Waals surface area contributed by atoms with E-state index < -0.39 is 0 Å². The number of hydrogen-bond donors (Lipinski definition) is 1. The monoisotopic (exact) mass is 459 g/mol. The van der Waals surface area contributed by atoms with E-state index in [2.05, 4.69) is 15.1 Å². The molecule has 1 N–H and O–H groups in total. The van der Waals surface area contributed by atoms with Crippen LogP contribution in [0, 0.1) is 37.5 Å². The van der Waals surface area contributed by atoms with Gasteiger partial charge in [0.1, 0.15) is 5.00 Å². The molecule has 4 aliphatic carbocycles. The molecule has 0 spiro atoms. The molecule has 2 heterocycles. The van der Waals surface area contributed by atoms with Crippen molar-refractivity contribution < 1.29 is 14.3 Å². The SMILES string of the molecule is CCOC(=O)c1c(NC(=O)CN2CCN(C3C4CC5CC(C4)CC3C5)CC2)sc(C)c1C. The molecule has 1 aromatic heterocycles. The molecule has 4 bridgehead atoms. The molecule has 32 heavy (non-hydrogen) atoms. The molecule has 0 atom stereocenters. The standard InChI is InChI=1S/C25H37N3O3S/c1-4-31-25(30)22-15(2)16(3)32-24(22)26-21(29)14-27-5-7-28(8-6-27)23-19-10-17-9-18(12-19)13-20(23)11-17/h17-20,23H,4-14H2,1-3H3,(H,26,29). The smallest absolute Gasteiger partial charge is 0.341 e. The van der Waals surface area contributed by atoms with Crippen LogP contribution in [0.3, 0.4) is 0 Å². The van der Waals surface area contributed by atoms with Gasteiger partial charge in [0.2, 0.25) is 5.91 Å². The van der Waals surface area contributed by atoms with Gasteiger partial charge in [0.15, 0.2) is 0 Å². The summed E-state index contributed by atoms with van der Waals surface area (Å²) in [5.41, 5.74) is 1.41. The molecular weight excluding hydrogens is 422 g/mol. The van der Waals surface area contributed by atoms with Crippen LogP contribution in [0.4, 0.5) is 5.00 Å². The molecule has 1 amide bonds. The molecule has 1 aromatic rings. The zero-order valence-electron chi connectivity index (χ0n) is 19.7. The fourth-order valence-electron chi connectivity index (χ4n) is 7.25. The summed E-state index contributed by atoms with van der Waals surface area (Å²) < 4.78 is 5.20. The highest BCUT2D eigenvalue weighted by molar-refractivity contribution is 7.16. The first-order chi connectivity index (χ1) is 15.4. The number of amides is 1. The number of piperazine rings is 1. The van der Waals surface area contributed by atoms with Gasteiger partial charge in [-0.2, -0.15) is 0 Å². The molecular formula is C25H37N3O3S. The summed E-state index contributed by atoms with van der Waals surface area (Å²) in [6.07, 6.45) is 7.35. The Bertz CT molecular complexity index is 846. The van der Waals surface area contributed by atoms with Gasteiger partial charge in [0, 0.05) is 37.1 Å². The maximum Gasteiger partial charge on any atom is 0.341 e. The van der Waals surface area contributed by atoms with Crippen LogP contribution >= 0.6 is 11.3 Å². The van der Waals surface area contributed by atoms with E-state index in [9.17, 15) is 9.59 Å². The number of thiophene rings is 1. The lowest BCUT2D eigenvalue weighted by Crippen LogP contribution is -2.60. The van der Waals surface area contributed by atoms with E-state index in [1.807, 2.05) is 13.8 Å². The van der Waals surface area contributed by atoms with Gasteiger partial charge < -0.3 is 10.1 Å². The first-order valence-electron chi connectivity index (χ1n) is 12.5. The van der Waals surface area contributed by atoms with Crippen molar-refractivity contribution in [2.24, 2.45) is 23.7 Å². The number of esters is 1. The third kappa shape index (κ3) is 4.24. The number of carbonyl (C=O) groups excluding carboxylic acids is 2. The van der Waals surface area contributed by atoms with E-state index in [1.54, 1.807) is 6.92 Å². The number of nitrogens with one attached hydrogen (secondary N) is 1. The fourth-order valence-corrected chi connectivity index (χ4v) is 8.31. The molecule has 0 unspecified atom stereocenters. The minimum atomic E-state index is -0.353. The van der Waals surface area contributed by atoms with Crippen molar-refractivity contribution in [3.05, 3.63) is 16.0 Å².